The van der Waals surface area contributed by atoms with Crippen molar-refractivity contribution in [2.75, 3.05) is 20.3 Å². The molecule has 1 aliphatic heterocycles. The minimum Gasteiger partial charge on any atom is -0.435 e. The normalized spacial score (nSPS) is 21.3. The molecule has 10 nitrogen and oxygen atoms in total. The van der Waals surface area contributed by atoms with E-state index in [1.54, 1.807) is 31.1 Å². The van der Waals surface area contributed by atoms with E-state index < -0.39 is 22.4 Å². The first-order chi connectivity index (χ1) is 20.3. The molecular weight excluding hydrogens is 558 g/mol. The van der Waals surface area contributed by atoms with Crippen LogP contribution in [0, 0.1) is 5.92 Å². The molecule has 0 bridgehead atoms. The Hall–Kier alpha value is -3.41. The molecule has 1 aliphatic carbocycles. The summed E-state index contributed by atoms with van der Waals surface area (Å²) in [6, 6.07) is 14.9. The number of amides is 1. The standard InChI is InChI=1S/C31H39N3O7S/c1-3-40-31(36)41-29-6-4-5-17-34(29)30(35)23-11-14-25(15-12-23)33-42(37,38)26-16-13-24-18-27(32-28(24)19-26)22-9-7-21(8-10-22)20-39-2/h7-10,13,16,18-19,23,25,29,32-33H,3-6,11-12,14-15,17,20H2,1-2H3. The second kappa shape index (κ2) is 13.3. The molecule has 2 heterocycles. The molecule has 1 aromatic heterocycles. The maximum absolute atomic E-state index is 13.3. The van der Waals surface area contributed by atoms with Crippen molar-refractivity contribution in [1.82, 2.24) is 14.6 Å². The number of hydrogen-bond donors (Lipinski definition) is 2. The van der Waals surface area contributed by atoms with Crippen LogP contribution in [0.4, 0.5) is 4.79 Å². The summed E-state index contributed by atoms with van der Waals surface area (Å²) in [6.45, 7) is 3.00. The van der Waals surface area contributed by atoms with Gasteiger partial charge in [0.15, 0.2) is 6.23 Å². The zero-order valence-corrected chi connectivity index (χ0v) is 25.0. The predicted octanol–water partition coefficient (Wildman–Crippen LogP) is 5.33. The lowest BCUT2D eigenvalue weighted by Gasteiger charge is -2.38. The van der Waals surface area contributed by atoms with Crippen LogP contribution in [0.1, 0.15) is 57.4 Å². The van der Waals surface area contributed by atoms with Crippen molar-refractivity contribution in [2.24, 2.45) is 5.92 Å². The third-order valence-electron chi connectivity index (χ3n) is 8.10. The van der Waals surface area contributed by atoms with Crippen LogP contribution >= 0.6 is 0 Å². The van der Waals surface area contributed by atoms with Crippen molar-refractivity contribution in [2.45, 2.75) is 75.6 Å². The van der Waals surface area contributed by atoms with Crippen molar-refractivity contribution < 1.29 is 32.2 Å². The summed E-state index contributed by atoms with van der Waals surface area (Å²) in [4.78, 5) is 30.4. The number of piperidine rings is 1. The lowest BCUT2D eigenvalue weighted by atomic mass is 9.85. The van der Waals surface area contributed by atoms with E-state index in [1.807, 2.05) is 36.4 Å². The molecule has 1 saturated heterocycles. The Balaban J connectivity index is 1.19. The van der Waals surface area contributed by atoms with Gasteiger partial charge in [0.1, 0.15) is 0 Å². The average molecular weight is 598 g/mol. The molecule has 11 heteroatoms. The number of carbonyl (C=O) groups excluding carboxylic acids is 2. The van der Waals surface area contributed by atoms with E-state index in [4.69, 9.17) is 14.2 Å². The molecule has 2 aromatic carbocycles. The number of fused-ring (bicyclic) bond motifs is 1. The van der Waals surface area contributed by atoms with Crippen LogP contribution in [0.3, 0.4) is 0 Å². The van der Waals surface area contributed by atoms with Crippen LogP contribution in [0.15, 0.2) is 53.4 Å². The Morgan fingerprint density at radius 3 is 2.48 bits per heavy atom. The van der Waals surface area contributed by atoms with Crippen LogP contribution in [0.25, 0.3) is 22.2 Å². The lowest BCUT2D eigenvalue weighted by Crippen LogP contribution is -2.49. The molecule has 42 heavy (non-hydrogen) atoms. The van der Waals surface area contributed by atoms with Crippen LogP contribution in [-0.2, 0) is 35.6 Å². The fourth-order valence-corrected chi connectivity index (χ4v) is 7.23. The maximum Gasteiger partial charge on any atom is 0.510 e. The van der Waals surface area contributed by atoms with Crippen LogP contribution in [0.5, 0.6) is 0 Å². The summed E-state index contributed by atoms with van der Waals surface area (Å²) in [5.74, 6) is -0.263. The van der Waals surface area contributed by atoms with E-state index in [0.717, 1.165) is 40.6 Å². The molecule has 3 aromatic rings. The zero-order chi connectivity index (χ0) is 29.7. The van der Waals surface area contributed by atoms with Gasteiger partial charge in [-0.2, -0.15) is 0 Å². The number of rotatable bonds is 9. The SMILES string of the molecule is CCOC(=O)OC1CCCCN1C(=O)C1CCC(NS(=O)(=O)c2ccc3cc(-c4ccc(COC)cc4)[nH]c3c2)CC1. The highest BCUT2D eigenvalue weighted by atomic mass is 32.2. The highest BCUT2D eigenvalue weighted by Crippen LogP contribution is 2.31. The molecule has 2 fully saturated rings. The molecule has 2 N–H and O–H groups in total. The van der Waals surface area contributed by atoms with E-state index >= 15 is 0 Å². The van der Waals surface area contributed by atoms with E-state index in [1.165, 1.54) is 0 Å². The van der Waals surface area contributed by atoms with Crippen molar-refractivity contribution >= 4 is 33.0 Å². The number of hydrogen-bond acceptors (Lipinski definition) is 7. The Labute approximate surface area is 246 Å². The number of aromatic amines is 1. The van der Waals surface area contributed by atoms with Gasteiger partial charge in [-0.3, -0.25) is 4.79 Å². The van der Waals surface area contributed by atoms with Gasteiger partial charge in [0, 0.05) is 48.6 Å². The minimum atomic E-state index is -3.76. The number of ether oxygens (including phenoxy) is 3. The molecular formula is C31H39N3O7S. The van der Waals surface area contributed by atoms with Gasteiger partial charge in [-0.1, -0.05) is 30.3 Å². The van der Waals surface area contributed by atoms with Gasteiger partial charge in [0.05, 0.1) is 18.1 Å². The molecule has 2 aliphatic rings. The van der Waals surface area contributed by atoms with E-state index in [-0.39, 0.29) is 29.4 Å². The van der Waals surface area contributed by atoms with Crippen molar-refractivity contribution in [1.29, 1.82) is 0 Å². The molecule has 1 saturated carbocycles. The van der Waals surface area contributed by atoms with E-state index in [9.17, 15) is 18.0 Å². The summed E-state index contributed by atoms with van der Waals surface area (Å²) in [6.07, 6.45) is 3.20. The van der Waals surface area contributed by atoms with Gasteiger partial charge in [-0.15, -0.1) is 0 Å². The highest BCUT2D eigenvalue weighted by Gasteiger charge is 2.36. The molecule has 5 rings (SSSR count). The Kier molecular flexibility index (Phi) is 9.50. The first-order valence-electron chi connectivity index (χ1n) is 14.6. The van der Waals surface area contributed by atoms with Gasteiger partial charge in [0.2, 0.25) is 15.9 Å². The largest absolute Gasteiger partial charge is 0.510 e. The minimum absolute atomic E-state index is 0.0355. The quantitative estimate of drug-likeness (QED) is 0.319. The number of nitrogens with one attached hydrogen (secondary N) is 2. The Morgan fingerprint density at radius 2 is 1.76 bits per heavy atom. The van der Waals surface area contributed by atoms with Gasteiger partial charge < -0.3 is 24.1 Å². The predicted molar refractivity (Wildman–Crippen MR) is 158 cm³/mol. The number of nitrogens with zero attached hydrogens (tertiary/aromatic N) is 1. The smallest absolute Gasteiger partial charge is 0.435 e. The summed E-state index contributed by atoms with van der Waals surface area (Å²) in [5.41, 5.74) is 3.73. The molecule has 0 spiro atoms. The zero-order valence-electron chi connectivity index (χ0n) is 24.1. The van der Waals surface area contributed by atoms with E-state index in [2.05, 4.69) is 9.71 Å². The fraction of sp³-hybridized carbons (Fsp3) is 0.484. The van der Waals surface area contributed by atoms with Crippen molar-refractivity contribution in [3.05, 3.63) is 54.1 Å². The van der Waals surface area contributed by atoms with Crippen molar-refractivity contribution in [3.63, 3.8) is 0 Å². The number of sulfonamides is 1. The van der Waals surface area contributed by atoms with Gasteiger partial charge >= 0.3 is 6.16 Å². The number of carbonyl (C=O) groups is 2. The van der Waals surface area contributed by atoms with Crippen LogP contribution in [0.2, 0.25) is 0 Å². The first-order valence-corrected chi connectivity index (χ1v) is 16.1. The number of aromatic nitrogens is 1. The third kappa shape index (κ3) is 6.96. The molecule has 1 atom stereocenters. The fourth-order valence-electron chi connectivity index (χ4n) is 5.89. The molecule has 1 amide bonds. The second-order valence-electron chi connectivity index (χ2n) is 11.0. The summed E-state index contributed by atoms with van der Waals surface area (Å²) < 4.78 is 45.0. The molecule has 1 unspecified atom stereocenters. The first kappa shape index (κ1) is 30.1. The Morgan fingerprint density at radius 1 is 1.00 bits per heavy atom. The highest BCUT2D eigenvalue weighted by molar-refractivity contribution is 7.89. The number of likely N-dealkylation sites (tertiary alicyclic amines) is 1. The monoisotopic (exact) mass is 597 g/mol. The van der Waals surface area contributed by atoms with Crippen molar-refractivity contribution in [3.8, 4) is 11.3 Å². The molecule has 226 valence electrons. The lowest BCUT2D eigenvalue weighted by molar-refractivity contribution is -0.152. The van der Waals surface area contributed by atoms with Crippen LogP contribution < -0.4 is 4.72 Å². The summed E-state index contributed by atoms with van der Waals surface area (Å²) in [7, 11) is -2.09. The molecule has 0 radical (unpaired) electrons. The van der Waals surface area contributed by atoms with Gasteiger partial charge in [-0.05, 0) is 74.8 Å². The van der Waals surface area contributed by atoms with Gasteiger partial charge in [0.25, 0.3) is 0 Å². The topological polar surface area (TPSA) is 127 Å². The summed E-state index contributed by atoms with van der Waals surface area (Å²) >= 11 is 0. The Bertz CT molecular complexity index is 1490. The van der Waals surface area contributed by atoms with E-state index in [0.29, 0.717) is 45.3 Å². The average Bonchev–Trinajstić information content (AvgIpc) is 3.42. The van der Waals surface area contributed by atoms with Gasteiger partial charge in [-0.25, -0.2) is 17.9 Å². The number of benzene rings is 2. The second-order valence-corrected chi connectivity index (χ2v) is 12.7. The maximum atomic E-state index is 13.3. The number of methoxy groups -OCH3 is 1. The van der Waals surface area contributed by atoms with Crippen LogP contribution in [-0.4, -0.2) is 62.9 Å². The number of H-pyrrole nitrogens is 1. The third-order valence-corrected chi connectivity index (χ3v) is 9.62. The summed E-state index contributed by atoms with van der Waals surface area (Å²) in [5, 5.41) is 0.923.